The van der Waals surface area contributed by atoms with Gasteiger partial charge in [-0.25, -0.2) is 23.1 Å². The van der Waals surface area contributed by atoms with Crippen molar-refractivity contribution >= 4 is 16.0 Å². The normalized spacial score (nSPS) is 30.8. The second-order valence-electron chi connectivity index (χ2n) is 7.13. The fourth-order valence-electron chi connectivity index (χ4n) is 3.74. The molecule has 0 amide bonds. The van der Waals surface area contributed by atoms with E-state index in [2.05, 4.69) is 19.6 Å². The summed E-state index contributed by atoms with van der Waals surface area (Å²) in [4.78, 5) is 10.8. The zero-order chi connectivity index (χ0) is 16.6. The molecule has 3 heterocycles. The molecule has 1 spiro atoms. The number of hydrogen-bond donors (Lipinski definition) is 1. The number of ether oxygens (including phenoxy) is 1. The molecule has 0 bridgehead atoms. The molecular formula is C16H24N4O3S. The lowest BCUT2D eigenvalue weighted by atomic mass is 9.90. The zero-order valence-corrected chi connectivity index (χ0v) is 14.5. The van der Waals surface area contributed by atoms with Gasteiger partial charge in [0.1, 0.15) is 0 Å². The highest BCUT2D eigenvalue weighted by atomic mass is 32.2. The van der Waals surface area contributed by atoms with Gasteiger partial charge in [-0.2, -0.15) is 0 Å². The van der Waals surface area contributed by atoms with Crippen molar-refractivity contribution in [1.82, 2.24) is 14.7 Å². The van der Waals surface area contributed by atoms with Crippen LogP contribution in [0.25, 0.3) is 0 Å². The molecule has 1 aromatic rings. The smallest absolute Gasteiger partial charge is 0.225 e. The van der Waals surface area contributed by atoms with E-state index >= 15 is 0 Å². The standard InChI is InChI=1S/C16H24N4O3S/c21-24(22,14-4-5-14)19-11-13-3-1-6-16(23-13)7-10-20(12-16)15-17-8-2-9-18-15/h2,8-9,13-14,19H,1,3-7,10-12H2/t13-,16-/m1/s1. The predicted octanol–water partition coefficient (Wildman–Crippen LogP) is 1.08. The maximum atomic E-state index is 12.0. The summed E-state index contributed by atoms with van der Waals surface area (Å²) in [5, 5.41) is -0.174. The number of nitrogens with zero attached hydrogens (tertiary/aromatic N) is 3. The number of aromatic nitrogens is 2. The first kappa shape index (κ1) is 16.2. The maximum absolute atomic E-state index is 12.0. The maximum Gasteiger partial charge on any atom is 0.225 e. The number of anilines is 1. The lowest BCUT2D eigenvalue weighted by molar-refractivity contribution is -0.112. The van der Waals surface area contributed by atoms with Gasteiger partial charge in [0.15, 0.2) is 0 Å². The largest absolute Gasteiger partial charge is 0.368 e. The van der Waals surface area contributed by atoms with Crippen molar-refractivity contribution in [2.75, 3.05) is 24.5 Å². The first-order chi connectivity index (χ1) is 11.6. The van der Waals surface area contributed by atoms with Crippen molar-refractivity contribution in [3.8, 4) is 0 Å². The summed E-state index contributed by atoms with van der Waals surface area (Å²) in [6.07, 6.45) is 8.99. The fourth-order valence-corrected chi connectivity index (χ4v) is 5.15. The quantitative estimate of drug-likeness (QED) is 0.853. The van der Waals surface area contributed by atoms with E-state index in [1.165, 1.54) is 0 Å². The van der Waals surface area contributed by atoms with Crippen LogP contribution in [0.2, 0.25) is 0 Å². The Labute approximate surface area is 142 Å². The van der Waals surface area contributed by atoms with Crippen molar-refractivity contribution in [3.05, 3.63) is 18.5 Å². The van der Waals surface area contributed by atoms with Gasteiger partial charge in [-0.1, -0.05) is 0 Å². The Morgan fingerprint density at radius 2 is 2.04 bits per heavy atom. The molecule has 1 aliphatic carbocycles. The average molecular weight is 352 g/mol. The van der Waals surface area contributed by atoms with Gasteiger partial charge in [0.05, 0.1) is 17.0 Å². The minimum absolute atomic E-state index is 0.0380. The molecule has 132 valence electrons. The summed E-state index contributed by atoms with van der Waals surface area (Å²) in [6, 6.07) is 1.81. The molecule has 0 radical (unpaired) electrons. The Bertz CT molecular complexity index is 680. The molecule has 2 saturated heterocycles. The van der Waals surface area contributed by atoms with Gasteiger partial charge in [-0.05, 0) is 44.6 Å². The van der Waals surface area contributed by atoms with E-state index in [0.717, 1.165) is 57.6 Å². The minimum Gasteiger partial charge on any atom is -0.368 e. The van der Waals surface area contributed by atoms with Crippen molar-refractivity contribution in [1.29, 1.82) is 0 Å². The first-order valence-corrected chi connectivity index (χ1v) is 10.3. The Balaban J connectivity index is 1.36. The number of rotatable bonds is 5. The van der Waals surface area contributed by atoms with Crippen molar-refractivity contribution in [2.24, 2.45) is 0 Å². The van der Waals surface area contributed by atoms with Gasteiger partial charge in [0.2, 0.25) is 16.0 Å². The second kappa shape index (κ2) is 6.24. The minimum atomic E-state index is -3.14. The third kappa shape index (κ3) is 3.41. The number of hydrogen-bond acceptors (Lipinski definition) is 6. The van der Waals surface area contributed by atoms with Crippen molar-refractivity contribution in [2.45, 2.75) is 55.5 Å². The molecule has 2 aliphatic heterocycles. The molecular weight excluding hydrogens is 328 g/mol. The molecule has 3 aliphatic rings. The molecule has 7 nitrogen and oxygen atoms in total. The summed E-state index contributed by atoms with van der Waals surface area (Å²) < 4.78 is 33.1. The highest BCUT2D eigenvalue weighted by Gasteiger charge is 2.44. The van der Waals surface area contributed by atoms with E-state index in [0.29, 0.717) is 6.54 Å². The third-order valence-corrected chi connectivity index (χ3v) is 7.12. The lowest BCUT2D eigenvalue weighted by Gasteiger charge is -2.38. The van der Waals surface area contributed by atoms with Crippen LogP contribution in [-0.4, -0.2) is 55.0 Å². The summed E-state index contributed by atoms with van der Waals surface area (Å²) in [7, 11) is -3.14. The van der Waals surface area contributed by atoms with E-state index < -0.39 is 10.0 Å². The summed E-state index contributed by atoms with van der Waals surface area (Å²) in [5.74, 6) is 0.745. The van der Waals surface area contributed by atoms with Gasteiger partial charge in [-0.15, -0.1) is 0 Å². The summed E-state index contributed by atoms with van der Waals surface area (Å²) in [6.45, 7) is 2.05. The third-order valence-electron chi connectivity index (χ3n) is 5.20. The number of sulfonamides is 1. The zero-order valence-electron chi connectivity index (χ0n) is 13.7. The fraction of sp³-hybridized carbons (Fsp3) is 0.750. The molecule has 3 fully saturated rings. The van der Waals surface area contributed by atoms with E-state index in [4.69, 9.17) is 4.74 Å². The average Bonchev–Trinajstić information content (AvgIpc) is 3.38. The van der Waals surface area contributed by atoms with Crippen LogP contribution in [0.1, 0.15) is 38.5 Å². The van der Waals surface area contributed by atoms with E-state index in [9.17, 15) is 8.42 Å². The number of nitrogens with one attached hydrogen (secondary N) is 1. The highest BCUT2D eigenvalue weighted by Crippen LogP contribution is 2.37. The first-order valence-electron chi connectivity index (χ1n) is 8.75. The Kier molecular flexibility index (Phi) is 4.22. The van der Waals surface area contributed by atoms with Gasteiger partial charge < -0.3 is 9.64 Å². The van der Waals surface area contributed by atoms with Crippen LogP contribution in [0.15, 0.2) is 18.5 Å². The highest BCUT2D eigenvalue weighted by molar-refractivity contribution is 7.90. The second-order valence-corrected chi connectivity index (χ2v) is 9.17. The Morgan fingerprint density at radius 3 is 2.79 bits per heavy atom. The van der Waals surface area contributed by atoms with Crippen LogP contribution < -0.4 is 9.62 Å². The van der Waals surface area contributed by atoms with E-state index in [-0.39, 0.29) is 17.0 Å². The molecule has 0 unspecified atom stereocenters. The Morgan fingerprint density at radius 1 is 1.25 bits per heavy atom. The van der Waals surface area contributed by atoms with E-state index in [1.807, 2.05) is 6.07 Å². The monoisotopic (exact) mass is 352 g/mol. The predicted molar refractivity (Wildman–Crippen MR) is 90.3 cm³/mol. The summed E-state index contributed by atoms with van der Waals surface area (Å²) in [5.41, 5.74) is -0.187. The topological polar surface area (TPSA) is 84.4 Å². The molecule has 1 aromatic heterocycles. The molecule has 0 aromatic carbocycles. The molecule has 2 atom stereocenters. The lowest BCUT2D eigenvalue weighted by Crippen LogP contribution is -2.47. The van der Waals surface area contributed by atoms with Crippen LogP contribution in [0.5, 0.6) is 0 Å². The van der Waals surface area contributed by atoms with Gasteiger partial charge in [0, 0.05) is 32.0 Å². The summed E-state index contributed by atoms with van der Waals surface area (Å²) >= 11 is 0. The van der Waals surface area contributed by atoms with Gasteiger partial charge >= 0.3 is 0 Å². The molecule has 1 saturated carbocycles. The SMILES string of the molecule is O=S(=O)(NC[C@H]1CCC[C@]2(CCN(c3ncccn3)C2)O1)C1CC1. The van der Waals surface area contributed by atoms with Crippen LogP contribution in [-0.2, 0) is 14.8 Å². The molecule has 4 rings (SSSR count). The van der Waals surface area contributed by atoms with Crippen molar-refractivity contribution in [3.63, 3.8) is 0 Å². The van der Waals surface area contributed by atoms with Crippen LogP contribution >= 0.6 is 0 Å². The molecule has 1 N–H and O–H groups in total. The van der Waals surface area contributed by atoms with Crippen LogP contribution in [0.4, 0.5) is 5.95 Å². The van der Waals surface area contributed by atoms with Crippen LogP contribution in [0, 0.1) is 0 Å². The Hall–Kier alpha value is -1.25. The van der Waals surface area contributed by atoms with Gasteiger partial charge in [-0.3, -0.25) is 0 Å². The van der Waals surface area contributed by atoms with E-state index in [1.54, 1.807) is 12.4 Å². The molecule has 24 heavy (non-hydrogen) atoms. The van der Waals surface area contributed by atoms with Gasteiger partial charge in [0.25, 0.3) is 0 Å². The molecule has 8 heteroatoms. The van der Waals surface area contributed by atoms with Crippen LogP contribution in [0.3, 0.4) is 0 Å². The van der Waals surface area contributed by atoms with Crippen molar-refractivity contribution < 1.29 is 13.2 Å².